The second kappa shape index (κ2) is 8.65. The van der Waals surface area contributed by atoms with E-state index in [4.69, 9.17) is 5.73 Å². The van der Waals surface area contributed by atoms with Crippen molar-refractivity contribution < 1.29 is 19.5 Å². The first-order chi connectivity index (χ1) is 13.5. The van der Waals surface area contributed by atoms with Crippen LogP contribution in [-0.2, 0) is 27.2 Å². The predicted molar refractivity (Wildman–Crippen MR) is 96.9 cm³/mol. The van der Waals surface area contributed by atoms with E-state index >= 15 is 0 Å². The molecule has 28 heavy (non-hydrogen) atoms. The fourth-order valence-electron chi connectivity index (χ4n) is 3.31. The van der Waals surface area contributed by atoms with Crippen molar-refractivity contribution in [2.75, 3.05) is 6.54 Å². The van der Waals surface area contributed by atoms with Gasteiger partial charge in [0.1, 0.15) is 12.1 Å². The van der Waals surface area contributed by atoms with Crippen LogP contribution >= 0.6 is 0 Å². The van der Waals surface area contributed by atoms with Gasteiger partial charge in [-0.15, -0.1) is 0 Å². The molecule has 6 N–H and O–H groups in total. The molecule has 0 spiro atoms. The maximum absolute atomic E-state index is 13.0. The first-order valence-corrected chi connectivity index (χ1v) is 8.99. The van der Waals surface area contributed by atoms with Crippen LogP contribution in [0.4, 0.5) is 0 Å². The normalized spacial score (nSPS) is 18.6. The summed E-state index contributed by atoms with van der Waals surface area (Å²) in [7, 11) is 0. The number of nitrogens with one attached hydrogen (secondary N) is 3. The third-order valence-electron chi connectivity index (χ3n) is 4.75. The molecule has 1 saturated heterocycles. The maximum atomic E-state index is 13.0. The molecule has 11 heteroatoms. The fraction of sp³-hybridized carbons (Fsp3) is 0.471. The summed E-state index contributed by atoms with van der Waals surface area (Å²) in [4.78, 5) is 51.9. The van der Waals surface area contributed by atoms with Crippen LogP contribution in [0.3, 0.4) is 0 Å². The zero-order valence-electron chi connectivity index (χ0n) is 15.2. The molecule has 0 aliphatic carbocycles. The largest absolute Gasteiger partial charge is 0.480 e. The van der Waals surface area contributed by atoms with E-state index in [1.165, 1.54) is 17.6 Å². The summed E-state index contributed by atoms with van der Waals surface area (Å²) in [6.07, 6.45) is 7.47. The molecule has 3 rings (SSSR count). The molecule has 1 aliphatic rings. The number of carboxylic acid groups (broad SMARTS) is 1. The minimum atomic E-state index is -1.05. The SMILES string of the molecule is N[C@@H](Cc1cnc[nH]1)C(=O)N[C@@H](Cc1cnc[nH]1)C(=O)N1CCC[C@H]1C(=O)O. The van der Waals surface area contributed by atoms with Gasteiger partial charge in [-0.05, 0) is 12.8 Å². The highest BCUT2D eigenvalue weighted by molar-refractivity contribution is 5.92. The molecular weight excluding hydrogens is 366 g/mol. The molecule has 150 valence electrons. The van der Waals surface area contributed by atoms with E-state index in [-0.39, 0.29) is 12.8 Å². The predicted octanol–water partition coefficient (Wildman–Crippen LogP) is -1.19. The van der Waals surface area contributed by atoms with Gasteiger partial charge >= 0.3 is 5.97 Å². The molecule has 0 aromatic carbocycles. The average molecular weight is 389 g/mol. The van der Waals surface area contributed by atoms with Crippen molar-refractivity contribution in [2.24, 2.45) is 5.73 Å². The summed E-state index contributed by atoms with van der Waals surface area (Å²) >= 11 is 0. The van der Waals surface area contributed by atoms with Gasteiger partial charge in [-0.3, -0.25) is 9.59 Å². The second-order valence-electron chi connectivity index (χ2n) is 6.76. The summed E-state index contributed by atoms with van der Waals surface area (Å²) in [5.41, 5.74) is 7.30. The highest BCUT2D eigenvalue weighted by Crippen LogP contribution is 2.19. The topological polar surface area (TPSA) is 170 Å². The van der Waals surface area contributed by atoms with Crippen molar-refractivity contribution in [3.63, 3.8) is 0 Å². The van der Waals surface area contributed by atoms with Crippen LogP contribution in [0.25, 0.3) is 0 Å². The minimum Gasteiger partial charge on any atom is -0.480 e. The van der Waals surface area contributed by atoms with Gasteiger partial charge in [0.25, 0.3) is 0 Å². The average Bonchev–Trinajstić information content (AvgIpc) is 3.42. The Bertz CT molecular complexity index is 806. The van der Waals surface area contributed by atoms with E-state index in [1.54, 1.807) is 12.4 Å². The number of H-pyrrole nitrogens is 2. The molecule has 0 radical (unpaired) electrons. The van der Waals surface area contributed by atoms with Crippen molar-refractivity contribution in [2.45, 2.75) is 43.8 Å². The van der Waals surface area contributed by atoms with Crippen LogP contribution < -0.4 is 11.1 Å². The summed E-state index contributed by atoms with van der Waals surface area (Å²) in [6, 6.07) is -2.71. The molecule has 11 nitrogen and oxygen atoms in total. The number of rotatable bonds is 8. The highest BCUT2D eigenvalue weighted by atomic mass is 16.4. The van der Waals surface area contributed by atoms with Gasteiger partial charge in [-0.2, -0.15) is 0 Å². The lowest BCUT2D eigenvalue weighted by molar-refractivity contribution is -0.149. The van der Waals surface area contributed by atoms with Crippen molar-refractivity contribution >= 4 is 17.8 Å². The zero-order valence-corrected chi connectivity index (χ0v) is 15.2. The van der Waals surface area contributed by atoms with Crippen molar-refractivity contribution in [3.05, 3.63) is 36.4 Å². The summed E-state index contributed by atoms with van der Waals surface area (Å²) < 4.78 is 0. The summed E-state index contributed by atoms with van der Waals surface area (Å²) in [5.74, 6) is -1.99. The summed E-state index contributed by atoms with van der Waals surface area (Å²) in [6.45, 7) is 0.339. The molecule has 0 unspecified atom stereocenters. The zero-order chi connectivity index (χ0) is 20.1. The van der Waals surface area contributed by atoms with E-state index < -0.39 is 35.9 Å². The van der Waals surface area contributed by atoms with Crippen molar-refractivity contribution in [1.29, 1.82) is 0 Å². The number of aliphatic carboxylic acids is 1. The molecule has 2 amide bonds. The van der Waals surface area contributed by atoms with Crippen molar-refractivity contribution in [1.82, 2.24) is 30.2 Å². The third-order valence-corrected chi connectivity index (χ3v) is 4.75. The number of hydrogen-bond acceptors (Lipinski definition) is 6. The van der Waals surface area contributed by atoms with Crippen LogP contribution in [-0.4, -0.2) is 72.4 Å². The number of hydrogen-bond donors (Lipinski definition) is 5. The second-order valence-corrected chi connectivity index (χ2v) is 6.76. The van der Waals surface area contributed by atoms with Gasteiger partial charge in [0.05, 0.1) is 18.7 Å². The Morgan fingerprint density at radius 2 is 1.86 bits per heavy atom. The van der Waals surface area contributed by atoms with Crippen LogP contribution in [0, 0.1) is 0 Å². The Morgan fingerprint density at radius 1 is 1.21 bits per heavy atom. The molecule has 0 saturated carbocycles. The number of nitrogens with zero attached hydrogens (tertiary/aromatic N) is 3. The first-order valence-electron chi connectivity index (χ1n) is 8.99. The lowest BCUT2D eigenvalue weighted by Gasteiger charge is -2.27. The molecule has 0 bridgehead atoms. The van der Waals surface area contributed by atoms with Gasteiger partial charge < -0.3 is 31.0 Å². The lowest BCUT2D eigenvalue weighted by atomic mass is 10.1. The van der Waals surface area contributed by atoms with Gasteiger partial charge in [-0.25, -0.2) is 14.8 Å². The van der Waals surface area contributed by atoms with Gasteiger partial charge in [-0.1, -0.05) is 0 Å². The first kappa shape index (κ1) is 19.5. The van der Waals surface area contributed by atoms with E-state index in [1.807, 2.05) is 0 Å². The minimum absolute atomic E-state index is 0.157. The monoisotopic (exact) mass is 389 g/mol. The van der Waals surface area contributed by atoms with E-state index in [2.05, 4.69) is 25.3 Å². The van der Waals surface area contributed by atoms with Crippen LogP contribution in [0.1, 0.15) is 24.2 Å². The Morgan fingerprint density at radius 3 is 2.43 bits per heavy atom. The van der Waals surface area contributed by atoms with Crippen LogP contribution in [0.15, 0.2) is 25.0 Å². The van der Waals surface area contributed by atoms with Crippen molar-refractivity contribution in [3.8, 4) is 0 Å². The Hall–Kier alpha value is -3.21. The number of nitrogens with two attached hydrogens (primary N) is 1. The molecule has 1 fully saturated rings. The van der Waals surface area contributed by atoms with E-state index in [0.717, 1.165) is 0 Å². The summed E-state index contributed by atoms with van der Waals surface area (Å²) in [5, 5.41) is 12.0. The van der Waals surface area contributed by atoms with Crippen LogP contribution in [0.2, 0.25) is 0 Å². The third kappa shape index (κ3) is 4.55. The number of imidazole rings is 2. The Labute approximate surface area is 160 Å². The number of aromatic amines is 2. The standard InChI is InChI=1S/C17H23N7O4/c18-12(4-10-6-19-8-21-10)15(25)23-13(5-11-7-20-9-22-11)16(26)24-3-1-2-14(24)17(27)28/h6-9,12-14H,1-5,18H2,(H,19,21)(H,20,22)(H,23,25)(H,27,28)/t12-,13-,14-/m0/s1. The van der Waals surface area contributed by atoms with Crippen LogP contribution in [0.5, 0.6) is 0 Å². The van der Waals surface area contributed by atoms with Gasteiger partial charge in [0.15, 0.2) is 0 Å². The molecule has 1 aliphatic heterocycles. The fourth-order valence-corrected chi connectivity index (χ4v) is 3.31. The maximum Gasteiger partial charge on any atom is 0.326 e. The Balaban J connectivity index is 1.72. The molecule has 3 heterocycles. The number of carboxylic acids is 1. The molecule has 2 aromatic heterocycles. The number of carbonyl (C=O) groups is 3. The highest BCUT2D eigenvalue weighted by Gasteiger charge is 2.38. The number of carbonyl (C=O) groups excluding carboxylic acids is 2. The molecular formula is C17H23N7O4. The van der Waals surface area contributed by atoms with Gasteiger partial charge in [0.2, 0.25) is 11.8 Å². The number of amides is 2. The molecule has 2 aromatic rings. The van der Waals surface area contributed by atoms with Gasteiger partial charge in [0, 0.05) is 43.2 Å². The number of likely N-dealkylation sites (tertiary alicyclic amines) is 1. The molecule has 3 atom stereocenters. The van der Waals surface area contributed by atoms with E-state index in [0.29, 0.717) is 30.8 Å². The quantitative estimate of drug-likeness (QED) is 0.378. The van der Waals surface area contributed by atoms with E-state index in [9.17, 15) is 19.5 Å². The number of aromatic nitrogens is 4. The lowest BCUT2D eigenvalue weighted by Crippen LogP contribution is -2.55. The Kier molecular flexibility index (Phi) is 6.04. The smallest absolute Gasteiger partial charge is 0.326 e.